The molecule has 0 spiro atoms. The molecule has 0 radical (unpaired) electrons. The predicted molar refractivity (Wildman–Crippen MR) is 95.0 cm³/mol. The molecule has 2 aromatic rings. The van der Waals surface area contributed by atoms with Gasteiger partial charge in [-0.25, -0.2) is 9.97 Å². The van der Waals surface area contributed by atoms with Crippen molar-refractivity contribution in [1.29, 1.82) is 0 Å². The zero-order chi connectivity index (χ0) is 17.9. The molecule has 1 aliphatic heterocycles. The third-order valence-electron chi connectivity index (χ3n) is 3.46. The van der Waals surface area contributed by atoms with Crippen LogP contribution < -0.4 is 0 Å². The molecule has 3 heterocycles. The molecule has 4 nitrogen and oxygen atoms in total. The van der Waals surface area contributed by atoms with Gasteiger partial charge >= 0.3 is 6.18 Å². The number of thiophene rings is 1. The Balaban J connectivity index is 1.78. The molecular weight excluding hydrogens is 391 g/mol. The first-order valence-corrected chi connectivity index (χ1v) is 10.4. The lowest BCUT2D eigenvalue weighted by molar-refractivity contribution is -0.141. The van der Waals surface area contributed by atoms with Crippen LogP contribution in [0.4, 0.5) is 13.2 Å². The van der Waals surface area contributed by atoms with Gasteiger partial charge in [-0.2, -0.15) is 24.9 Å². The Morgan fingerprint density at radius 3 is 2.68 bits per heavy atom. The number of carbonyl (C=O) groups excluding carboxylic acids is 1. The minimum absolute atomic E-state index is 0.0297. The fraction of sp³-hybridized carbons (Fsp3) is 0.400. The summed E-state index contributed by atoms with van der Waals surface area (Å²) in [6.45, 7) is 1.35. The van der Waals surface area contributed by atoms with Crippen molar-refractivity contribution in [3.63, 3.8) is 0 Å². The normalized spacial score (nSPS) is 15.4. The number of alkyl halides is 3. The van der Waals surface area contributed by atoms with Gasteiger partial charge in [0, 0.05) is 24.6 Å². The van der Waals surface area contributed by atoms with Gasteiger partial charge in [0.15, 0.2) is 5.16 Å². The van der Waals surface area contributed by atoms with E-state index >= 15 is 0 Å². The second-order valence-corrected chi connectivity index (χ2v) is 8.29. The molecule has 0 atom stereocenters. The fourth-order valence-electron chi connectivity index (χ4n) is 2.22. The average molecular weight is 405 g/mol. The zero-order valence-corrected chi connectivity index (χ0v) is 15.4. The van der Waals surface area contributed by atoms with E-state index in [9.17, 15) is 18.0 Å². The molecule has 25 heavy (non-hydrogen) atoms. The molecular formula is C15H14F3N3OS3. The van der Waals surface area contributed by atoms with Gasteiger partial charge in [-0.15, -0.1) is 11.3 Å². The van der Waals surface area contributed by atoms with Crippen LogP contribution in [0, 0.1) is 0 Å². The molecule has 1 amide bonds. The molecule has 2 aromatic heterocycles. The number of carbonyl (C=O) groups is 1. The van der Waals surface area contributed by atoms with Crippen molar-refractivity contribution < 1.29 is 18.0 Å². The van der Waals surface area contributed by atoms with Gasteiger partial charge in [-0.1, -0.05) is 17.8 Å². The predicted octanol–water partition coefficient (Wildman–Crippen LogP) is 3.89. The Kier molecular flexibility index (Phi) is 5.90. The maximum atomic E-state index is 13.1. The van der Waals surface area contributed by atoms with Gasteiger partial charge < -0.3 is 4.90 Å². The van der Waals surface area contributed by atoms with E-state index in [0.29, 0.717) is 18.0 Å². The van der Waals surface area contributed by atoms with E-state index in [4.69, 9.17) is 0 Å². The first kappa shape index (κ1) is 18.5. The number of nitrogens with zero attached hydrogens (tertiary/aromatic N) is 3. The van der Waals surface area contributed by atoms with Crippen molar-refractivity contribution in [2.24, 2.45) is 0 Å². The summed E-state index contributed by atoms with van der Waals surface area (Å²) in [5, 5.41) is 1.74. The lowest BCUT2D eigenvalue weighted by Gasteiger charge is -2.26. The summed E-state index contributed by atoms with van der Waals surface area (Å²) >= 11 is 4.04. The molecule has 1 saturated heterocycles. The summed E-state index contributed by atoms with van der Waals surface area (Å²) in [7, 11) is 0. The summed E-state index contributed by atoms with van der Waals surface area (Å²) in [6.07, 6.45) is -4.56. The smallest absolute Gasteiger partial charge is 0.340 e. The van der Waals surface area contributed by atoms with Crippen LogP contribution in [0.1, 0.15) is 5.69 Å². The van der Waals surface area contributed by atoms with Crippen molar-refractivity contribution in [3.05, 3.63) is 29.3 Å². The Hall–Kier alpha value is -1.26. The molecule has 1 aliphatic rings. The first-order chi connectivity index (χ1) is 11.9. The SMILES string of the molecule is O=C(CSc1nc(-c2cccs2)cc(C(F)(F)F)n1)N1CCSCC1. The number of thioether (sulfide) groups is 2. The van der Waals surface area contributed by atoms with Crippen molar-refractivity contribution in [1.82, 2.24) is 14.9 Å². The number of aromatic nitrogens is 2. The van der Waals surface area contributed by atoms with E-state index in [1.54, 1.807) is 34.2 Å². The van der Waals surface area contributed by atoms with Gasteiger partial charge in [0.05, 0.1) is 16.3 Å². The number of hydrogen-bond acceptors (Lipinski definition) is 6. The van der Waals surface area contributed by atoms with Crippen LogP contribution in [0.2, 0.25) is 0 Å². The molecule has 1 fully saturated rings. The molecule has 0 aromatic carbocycles. The second-order valence-electron chi connectivity index (χ2n) is 5.18. The highest BCUT2D eigenvalue weighted by atomic mass is 32.2. The molecule has 0 bridgehead atoms. The highest BCUT2D eigenvalue weighted by Gasteiger charge is 2.34. The van der Waals surface area contributed by atoms with Crippen LogP contribution in [0.25, 0.3) is 10.6 Å². The zero-order valence-electron chi connectivity index (χ0n) is 13.0. The molecule has 3 rings (SSSR count). The molecule has 0 N–H and O–H groups in total. The van der Waals surface area contributed by atoms with E-state index in [0.717, 1.165) is 29.3 Å². The van der Waals surface area contributed by atoms with Gasteiger partial charge in [0.2, 0.25) is 5.91 Å². The minimum atomic E-state index is -4.56. The van der Waals surface area contributed by atoms with Crippen LogP contribution in [0.3, 0.4) is 0 Å². The van der Waals surface area contributed by atoms with E-state index in [2.05, 4.69) is 9.97 Å². The lowest BCUT2D eigenvalue weighted by atomic mass is 10.3. The van der Waals surface area contributed by atoms with E-state index in [1.165, 1.54) is 11.3 Å². The Labute approximate surface area is 155 Å². The van der Waals surface area contributed by atoms with E-state index < -0.39 is 11.9 Å². The maximum absolute atomic E-state index is 13.1. The summed E-state index contributed by atoms with van der Waals surface area (Å²) in [4.78, 5) is 22.3. The van der Waals surface area contributed by atoms with E-state index in [1.807, 2.05) is 0 Å². The minimum Gasteiger partial charge on any atom is -0.340 e. The highest BCUT2D eigenvalue weighted by Crippen LogP contribution is 2.33. The Bertz CT molecular complexity index is 731. The van der Waals surface area contributed by atoms with Crippen LogP contribution in [-0.4, -0.2) is 51.1 Å². The molecule has 0 aliphatic carbocycles. The number of amides is 1. The highest BCUT2D eigenvalue weighted by molar-refractivity contribution is 7.99. The maximum Gasteiger partial charge on any atom is 0.433 e. The second kappa shape index (κ2) is 7.96. The van der Waals surface area contributed by atoms with Crippen LogP contribution >= 0.6 is 34.9 Å². The van der Waals surface area contributed by atoms with Gasteiger partial charge in [-0.3, -0.25) is 4.79 Å². The lowest BCUT2D eigenvalue weighted by Crippen LogP contribution is -2.38. The average Bonchev–Trinajstić information content (AvgIpc) is 3.14. The van der Waals surface area contributed by atoms with E-state index in [-0.39, 0.29) is 22.5 Å². The molecule has 0 saturated carbocycles. The van der Waals surface area contributed by atoms with Crippen molar-refractivity contribution in [2.75, 3.05) is 30.3 Å². The summed E-state index contributed by atoms with van der Waals surface area (Å²) < 4.78 is 39.3. The summed E-state index contributed by atoms with van der Waals surface area (Å²) in [6, 6.07) is 4.40. The fourth-order valence-corrected chi connectivity index (χ4v) is 4.57. The van der Waals surface area contributed by atoms with Crippen LogP contribution in [0.15, 0.2) is 28.7 Å². The summed E-state index contributed by atoms with van der Waals surface area (Å²) in [5.41, 5.74) is -0.767. The largest absolute Gasteiger partial charge is 0.433 e. The van der Waals surface area contributed by atoms with Crippen LogP contribution in [-0.2, 0) is 11.0 Å². The summed E-state index contributed by atoms with van der Waals surface area (Å²) in [5.74, 6) is 1.72. The van der Waals surface area contributed by atoms with Gasteiger partial charge in [0.1, 0.15) is 5.69 Å². The standard InChI is InChI=1S/C15H14F3N3OS3/c16-15(17,18)12-8-10(11-2-1-5-24-11)19-14(20-12)25-9-13(22)21-3-6-23-7-4-21/h1-2,5,8H,3-4,6-7,9H2. The molecule has 10 heteroatoms. The van der Waals surface area contributed by atoms with Crippen molar-refractivity contribution in [3.8, 4) is 10.6 Å². The topological polar surface area (TPSA) is 46.1 Å². The quantitative estimate of drug-likeness (QED) is 0.570. The number of rotatable bonds is 4. The van der Waals surface area contributed by atoms with Crippen molar-refractivity contribution in [2.45, 2.75) is 11.3 Å². The Morgan fingerprint density at radius 1 is 1.28 bits per heavy atom. The Morgan fingerprint density at radius 2 is 2.04 bits per heavy atom. The van der Waals surface area contributed by atoms with Gasteiger partial charge in [0.25, 0.3) is 0 Å². The van der Waals surface area contributed by atoms with Crippen molar-refractivity contribution >= 4 is 40.8 Å². The third-order valence-corrected chi connectivity index (χ3v) is 6.13. The van der Waals surface area contributed by atoms with Gasteiger partial charge in [-0.05, 0) is 17.5 Å². The number of halogens is 3. The number of hydrogen-bond donors (Lipinski definition) is 0. The third kappa shape index (κ3) is 4.89. The molecule has 134 valence electrons. The monoisotopic (exact) mass is 405 g/mol. The first-order valence-electron chi connectivity index (χ1n) is 7.42. The van der Waals surface area contributed by atoms with Crippen LogP contribution in [0.5, 0.6) is 0 Å². The molecule has 0 unspecified atom stereocenters.